The standard InChI is InChI=1S/C19H20Cl2FN3O2/c1-12(19(27)23-10-13-3-5-14(22)6-4-13)25(2)11-18(26)24-15-7-8-16(20)17(21)9-15/h3-9,12H,10-11H2,1-2H3,(H,23,27)(H,24,26). The molecule has 0 saturated heterocycles. The van der Waals surface area contributed by atoms with Crippen molar-refractivity contribution in [2.45, 2.75) is 19.5 Å². The number of benzene rings is 2. The van der Waals surface area contributed by atoms with Crippen LogP contribution in [0.5, 0.6) is 0 Å². The summed E-state index contributed by atoms with van der Waals surface area (Å²) in [5.74, 6) is -0.843. The predicted molar refractivity (Wildman–Crippen MR) is 105 cm³/mol. The van der Waals surface area contributed by atoms with Gasteiger partial charge in [-0.05, 0) is 49.9 Å². The monoisotopic (exact) mass is 411 g/mol. The zero-order valence-corrected chi connectivity index (χ0v) is 16.4. The van der Waals surface area contributed by atoms with Gasteiger partial charge in [-0.3, -0.25) is 14.5 Å². The highest BCUT2D eigenvalue weighted by Gasteiger charge is 2.20. The van der Waals surface area contributed by atoms with E-state index in [1.165, 1.54) is 12.1 Å². The van der Waals surface area contributed by atoms with Gasteiger partial charge in [0.1, 0.15) is 5.82 Å². The first-order chi connectivity index (χ1) is 12.8. The van der Waals surface area contributed by atoms with Crippen LogP contribution < -0.4 is 10.6 Å². The van der Waals surface area contributed by atoms with E-state index in [0.29, 0.717) is 15.7 Å². The van der Waals surface area contributed by atoms with E-state index in [-0.39, 0.29) is 30.7 Å². The third-order valence-electron chi connectivity index (χ3n) is 4.02. The molecule has 0 fully saturated rings. The molecular weight excluding hydrogens is 392 g/mol. The van der Waals surface area contributed by atoms with Gasteiger partial charge in [0.25, 0.3) is 0 Å². The minimum atomic E-state index is -0.523. The van der Waals surface area contributed by atoms with Gasteiger partial charge in [-0.2, -0.15) is 0 Å². The Morgan fingerprint density at radius 3 is 2.41 bits per heavy atom. The van der Waals surface area contributed by atoms with Crippen molar-refractivity contribution < 1.29 is 14.0 Å². The minimum absolute atomic E-state index is 0.0192. The molecule has 0 aromatic heterocycles. The molecule has 2 amide bonds. The van der Waals surface area contributed by atoms with Crippen LogP contribution in [0.2, 0.25) is 10.0 Å². The summed E-state index contributed by atoms with van der Waals surface area (Å²) in [6, 6.07) is 10.2. The molecule has 0 aliphatic heterocycles. The van der Waals surface area contributed by atoms with Crippen LogP contribution in [0.25, 0.3) is 0 Å². The molecule has 2 N–H and O–H groups in total. The van der Waals surface area contributed by atoms with E-state index in [0.717, 1.165) is 5.56 Å². The average molecular weight is 412 g/mol. The number of likely N-dealkylation sites (N-methyl/N-ethyl adjacent to an activating group) is 1. The van der Waals surface area contributed by atoms with Gasteiger partial charge in [0.05, 0.1) is 22.6 Å². The second kappa shape index (κ2) is 9.69. The van der Waals surface area contributed by atoms with Crippen LogP contribution in [0.15, 0.2) is 42.5 Å². The van der Waals surface area contributed by atoms with Gasteiger partial charge >= 0.3 is 0 Å². The molecule has 0 heterocycles. The van der Waals surface area contributed by atoms with E-state index in [2.05, 4.69) is 10.6 Å². The topological polar surface area (TPSA) is 61.4 Å². The lowest BCUT2D eigenvalue weighted by Gasteiger charge is -2.23. The number of amides is 2. The maximum atomic E-state index is 12.9. The number of anilines is 1. The Bertz CT molecular complexity index is 815. The molecule has 2 aromatic carbocycles. The Labute approximate surface area is 167 Å². The van der Waals surface area contributed by atoms with Crippen LogP contribution in [-0.4, -0.2) is 36.3 Å². The number of nitrogens with one attached hydrogen (secondary N) is 2. The number of carbonyl (C=O) groups excluding carboxylic acids is 2. The van der Waals surface area contributed by atoms with Gasteiger partial charge in [0, 0.05) is 12.2 Å². The predicted octanol–water partition coefficient (Wildman–Crippen LogP) is 3.71. The number of nitrogens with zero attached hydrogens (tertiary/aromatic N) is 1. The second-order valence-corrected chi connectivity index (χ2v) is 6.93. The van der Waals surface area contributed by atoms with Gasteiger partial charge < -0.3 is 10.6 Å². The maximum absolute atomic E-state index is 12.9. The maximum Gasteiger partial charge on any atom is 0.238 e. The fraction of sp³-hybridized carbons (Fsp3) is 0.263. The lowest BCUT2D eigenvalue weighted by Crippen LogP contribution is -2.45. The summed E-state index contributed by atoms with van der Waals surface area (Å²) >= 11 is 11.8. The highest BCUT2D eigenvalue weighted by atomic mass is 35.5. The Morgan fingerprint density at radius 1 is 1.11 bits per heavy atom. The van der Waals surface area contributed by atoms with Crippen LogP contribution in [0, 0.1) is 5.82 Å². The SMILES string of the molecule is CC(C(=O)NCc1ccc(F)cc1)N(C)CC(=O)Nc1ccc(Cl)c(Cl)c1. The first-order valence-electron chi connectivity index (χ1n) is 8.23. The first kappa shape index (κ1) is 21.2. The number of carbonyl (C=O) groups is 2. The quantitative estimate of drug-likeness (QED) is 0.729. The molecule has 2 aromatic rings. The molecule has 0 bridgehead atoms. The number of rotatable bonds is 7. The number of halogens is 3. The molecule has 144 valence electrons. The van der Waals surface area contributed by atoms with Crippen LogP contribution >= 0.6 is 23.2 Å². The summed E-state index contributed by atoms with van der Waals surface area (Å²) < 4.78 is 12.9. The largest absolute Gasteiger partial charge is 0.351 e. The smallest absolute Gasteiger partial charge is 0.238 e. The molecule has 0 spiro atoms. The van der Waals surface area contributed by atoms with Gasteiger partial charge in [-0.1, -0.05) is 35.3 Å². The molecular formula is C19H20Cl2FN3O2. The first-order valence-corrected chi connectivity index (χ1v) is 8.99. The third-order valence-corrected chi connectivity index (χ3v) is 4.76. The summed E-state index contributed by atoms with van der Waals surface area (Å²) in [7, 11) is 1.68. The molecule has 1 unspecified atom stereocenters. The fourth-order valence-electron chi connectivity index (χ4n) is 2.28. The van der Waals surface area contributed by atoms with E-state index >= 15 is 0 Å². The Balaban J connectivity index is 1.83. The molecule has 27 heavy (non-hydrogen) atoms. The molecule has 0 aliphatic rings. The summed E-state index contributed by atoms with van der Waals surface area (Å²) in [5.41, 5.74) is 1.31. The van der Waals surface area contributed by atoms with Crippen LogP contribution in [0.1, 0.15) is 12.5 Å². The molecule has 0 saturated carbocycles. The molecule has 0 aliphatic carbocycles. The average Bonchev–Trinajstić information content (AvgIpc) is 2.63. The third kappa shape index (κ3) is 6.50. The zero-order valence-electron chi connectivity index (χ0n) is 14.9. The molecule has 1 atom stereocenters. The summed E-state index contributed by atoms with van der Waals surface area (Å²) in [6.07, 6.45) is 0. The Morgan fingerprint density at radius 2 is 1.78 bits per heavy atom. The molecule has 0 radical (unpaired) electrons. The Kier molecular flexibility index (Phi) is 7.59. The number of hydrogen-bond donors (Lipinski definition) is 2. The van der Waals surface area contributed by atoms with Crippen molar-refractivity contribution in [3.05, 3.63) is 63.9 Å². The van der Waals surface area contributed by atoms with Gasteiger partial charge in [0.2, 0.25) is 11.8 Å². The highest BCUT2D eigenvalue weighted by Crippen LogP contribution is 2.24. The highest BCUT2D eigenvalue weighted by molar-refractivity contribution is 6.42. The van der Waals surface area contributed by atoms with Crippen molar-refractivity contribution in [3.63, 3.8) is 0 Å². The molecule has 8 heteroatoms. The van der Waals surface area contributed by atoms with E-state index in [9.17, 15) is 14.0 Å². The normalized spacial score (nSPS) is 11.9. The zero-order chi connectivity index (χ0) is 20.0. The Hall–Kier alpha value is -2.15. The van der Waals surface area contributed by atoms with Crippen LogP contribution in [0.3, 0.4) is 0 Å². The van der Waals surface area contributed by atoms with Crippen LogP contribution in [0.4, 0.5) is 10.1 Å². The van der Waals surface area contributed by atoms with Crippen LogP contribution in [-0.2, 0) is 16.1 Å². The van der Waals surface area contributed by atoms with Gasteiger partial charge in [-0.25, -0.2) is 4.39 Å². The van der Waals surface area contributed by atoms with Gasteiger partial charge in [0.15, 0.2) is 0 Å². The number of hydrogen-bond acceptors (Lipinski definition) is 3. The minimum Gasteiger partial charge on any atom is -0.351 e. The lowest BCUT2D eigenvalue weighted by molar-refractivity contribution is -0.126. The van der Waals surface area contributed by atoms with Crippen molar-refractivity contribution in [3.8, 4) is 0 Å². The molecule has 5 nitrogen and oxygen atoms in total. The lowest BCUT2D eigenvalue weighted by atomic mass is 10.2. The van der Waals surface area contributed by atoms with E-state index in [4.69, 9.17) is 23.2 Å². The second-order valence-electron chi connectivity index (χ2n) is 6.11. The molecule has 2 rings (SSSR count). The van der Waals surface area contributed by atoms with E-state index in [1.54, 1.807) is 49.2 Å². The van der Waals surface area contributed by atoms with Crippen molar-refractivity contribution in [1.82, 2.24) is 10.2 Å². The van der Waals surface area contributed by atoms with E-state index < -0.39 is 6.04 Å². The summed E-state index contributed by atoms with van der Waals surface area (Å²) in [4.78, 5) is 26.0. The van der Waals surface area contributed by atoms with E-state index in [1.807, 2.05) is 0 Å². The van der Waals surface area contributed by atoms with Crippen molar-refractivity contribution in [2.24, 2.45) is 0 Å². The van der Waals surface area contributed by atoms with Gasteiger partial charge in [-0.15, -0.1) is 0 Å². The summed E-state index contributed by atoms with van der Waals surface area (Å²) in [6.45, 7) is 2.00. The van der Waals surface area contributed by atoms with Crippen molar-refractivity contribution in [1.29, 1.82) is 0 Å². The summed E-state index contributed by atoms with van der Waals surface area (Å²) in [5, 5.41) is 6.22. The van der Waals surface area contributed by atoms with Crippen molar-refractivity contribution in [2.75, 3.05) is 18.9 Å². The fourth-order valence-corrected chi connectivity index (χ4v) is 2.58. The van der Waals surface area contributed by atoms with Crippen molar-refractivity contribution >= 4 is 40.7 Å².